The minimum absolute atomic E-state index is 0. The molecule has 1 heterocycles. The van der Waals surface area contributed by atoms with Crippen molar-refractivity contribution in [2.24, 2.45) is 11.7 Å². The Labute approximate surface area is 181 Å². The van der Waals surface area contributed by atoms with Gasteiger partial charge in [-0.1, -0.05) is 91.0 Å². The summed E-state index contributed by atoms with van der Waals surface area (Å²) in [5, 5.41) is 0. The van der Waals surface area contributed by atoms with Gasteiger partial charge in [0.15, 0.2) is 0 Å². The first-order chi connectivity index (χ1) is 13.9. The van der Waals surface area contributed by atoms with Crippen LogP contribution in [0, 0.1) is 5.92 Å². The summed E-state index contributed by atoms with van der Waals surface area (Å²) in [4.78, 5) is 2.69. The Morgan fingerprint density at radius 1 is 0.690 bits per heavy atom. The maximum absolute atomic E-state index is 5.84. The first-order valence-electron chi connectivity index (χ1n) is 10.5. The molecule has 1 saturated heterocycles. The van der Waals surface area contributed by atoms with E-state index in [0.717, 1.165) is 32.0 Å². The summed E-state index contributed by atoms with van der Waals surface area (Å²) in [5.41, 5.74) is 9.59. The van der Waals surface area contributed by atoms with E-state index in [1.54, 1.807) is 0 Å². The number of halogens is 1. The Kier molecular flexibility index (Phi) is 7.49. The number of nitrogens with two attached hydrogens (primary N) is 1. The smallest absolute Gasteiger partial charge is 0.0972 e. The standard InChI is InChI=1S/C26H30N2.ClH/c27-19-16-22-17-20-28(21-18-22)26(23-10-4-1-5-11-23,24-12-6-2-7-13-24)25-14-8-3-9-15-25;/h1-15,22H,16-21,27H2;1H. The molecular weight excluding hydrogens is 376 g/mol. The van der Waals surface area contributed by atoms with Crippen LogP contribution in [0.3, 0.4) is 0 Å². The molecule has 0 spiro atoms. The molecule has 0 aliphatic carbocycles. The summed E-state index contributed by atoms with van der Waals surface area (Å²) in [6.45, 7) is 2.97. The average molecular weight is 407 g/mol. The van der Waals surface area contributed by atoms with Crippen molar-refractivity contribution in [3.8, 4) is 0 Å². The van der Waals surface area contributed by atoms with E-state index in [9.17, 15) is 0 Å². The van der Waals surface area contributed by atoms with Crippen LogP contribution in [0.1, 0.15) is 36.0 Å². The molecule has 3 aromatic rings. The van der Waals surface area contributed by atoms with Gasteiger partial charge in [-0.15, -0.1) is 12.4 Å². The summed E-state index contributed by atoms with van der Waals surface area (Å²) in [7, 11) is 0. The fraction of sp³-hybridized carbons (Fsp3) is 0.308. The van der Waals surface area contributed by atoms with E-state index in [0.29, 0.717) is 0 Å². The lowest BCUT2D eigenvalue weighted by Gasteiger charge is -2.48. The molecule has 3 heteroatoms. The van der Waals surface area contributed by atoms with Gasteiger partial charge in [-0.3, -0.25) is 4.90 Å². The van der Waals surface area contributed by atoms with Crippen LogP contribution >= 0.6 is 12.4 Å². The largest absolute Gasteiger partial charge is 0.330 e. The molecule has 1 fully saturated rings. The number of hydrogen-bond donors (Lipinski definition) is 1. The van der Waals surface area contributed by atoms with Crippen molar-refractivity contribution in [3.63, 3.8) is 0 Å². The molecule has 4 rings (SSSR count). The maximum Gasteiger partial charge on any atom is 0.0972 e. The van der Waals surface area contributed by atoms with Crippen LogP contribution in [-0.4, -0.2) is 24.5 Å². The van der Waals surface area contributed by atoms with E-state index >= 15 is 0 Å². The molecule has 0 atom stereocenters. The fourth-order valence-corrected chi connectivity index (χ4v) is 4.88. The number of nitrogens with zero attached hydrogens (tertiary/aromatic N) is 1. The van der Waals surface area contributed by atoms with Crippen molar-refractivity contribution >= 4 is 12.4 Å². The zero-order valence-electron chi connectivity index (χ0n) is 16.9. The third-order valence-corrected chi connectivity index (χ3v) is 6.24. The molecule has 3 aromatic carbocycles. The van der Waals surface area contributed by atoms with E-state index < -0.39 is 0 Å². The van der Waals surface area contributed by atoms with Crippen LogP contribution in [0.5, 0.6) is 0 Å². The Hall–Kier alpha value is -2.13. The summed E-state index contributed by atoms with van der Waals surface area (Å²) in [5.74, 6) is 0.751. The van der Waals surface area contributed by atoms with E-state index in [1.807, 2.05) is 0 Å². The summed E-state index contributed by atoms with van der Waals surface area (Å²) < 4.78 is 0. The van der Waals surface area contributed by atoms with Gasteiger partial charge in [0.1, 0.15) is 0 Å². The number of hydrogen-bond acceptors (Lipinski definition) is 2. The van der Waals surface area contributed by atoms with Crippen molar-refractivity contribution in [1.29, 1.82) is 0 Å². The van der Waals surface area contributed by atoms with Gasteiger partial charge >= 0.3 is 0 Å². The molecule has 0 bridgehead atoms. The third kappa shape index (κ3) is 4.25. The molecule has 0 unspecified atom stereocenters. The number of benzene rings is 3. The minimum Gasteiger partial charge on any atom is -0.330 e. The highest BCUT2D eigenvalue weighted by atomic mass is 35.5. The zero-order chi connectivity index (χ0) is 19.2. The number of piperidine rings is 1. The molecular formula is C26H31ClN2. The highest BCUT2D eigenvalue weighted by molar-refractivity contribution is 5.85. The average Bonchev–Trinajstić information content (AvgIpc) is 2.78. The van der Waals surface area contributed by atoms with Crippen molar-refractivity contribution in [3.05, 3.63) is 108 Å². The second-order valence-corrected chi connectivity index (χ2v) is 7.82. The molecule has 0 aromatic heterocycles. The monoisotopic (exact) mass is 406 g/mol. The van der Waals surface area contributed by atoms with E-state index in [-0.39, 0.29) is 17.9 Å². The van der Waals surface area contributed by atoms with Crippen LogP contribution in [0.15, 0.2) is 91.0 Å². The highest BCUT2D eigenvalue weighted by Crippen LogP contribution is 2.44. The Morgan fingerprint density at radius 2 is 1.07 bits per heavy atom. The maximum atomic E-state index is 5.84. The van der Waals surface area contributed by atoms with Crippen LogP contribution in [0.2, 0.25) is 0 Å². The van der Waals surface area contributed by atoms with Crippen LogP contribution in [0.25, 0.3) is 0 Å². The molecule has 1 aliphatic rings. The lowest BCUT2D eigenvalue weighted by molar-refractivity contribution is 0.0998. The molecule has 2 N–H and O–H groups in total. The molecule has 152 valence electrons. The SMILES string of the molecule is Cl.NCCC1CCN(C(c2ccccc2)(c2ccccc2)c2ccccc2)CC1. The second kappa shape index (κ2) is 10.1. The van der Waals surface area contributed by atoms with Gasteiger partial charge < -0.3 is 5.73 Å². The first-order valence-corrected chi connectivity index (χ1v) is 10.5. The second-order valence-electron chi connectivity index (χ2n) is 7.82. The minimum atomic E-state index is -0.266. The zero-order valence-corrected chi connectivity index (χ0v) is 17.7. The Balaban J connectivity index is 0.00000240. The molecule has 1 aliphatic heterocycles. The van der Waals surface area contributed by atoms with E-state index in [4.69, 9.17) is 5.73 Å². The number of rotatable bonds is 6. The predicted octanol–water partition coefficient (Wildman–Crippen LogP) is 5.46. The van der Waals surface area contributed by atoms with Crippen LogP contribution in [0.4, 0.5) is 0 Å². The van der Waals surface area contributed by atoms with Crippen molar-refractivity contribution in [2.45, 2.75) is 24.8 Å². The topological polar surface area (TPSA) is 29.3 Å². The van der Waals surface area contributed by atoms with Gasteiger partial charge in [-0.2, -0.15) is 0 Å². The van der Waals surface area contributed by atoms with Crippen molar-refractivity contribution in [2.75, 3.05) is 19.6 Å². The normalized spacial score (nSPS) is 15.6. The lowest BCUT2D eigenvalue weighted by Crippen LogP contribution is -2.51. The van der Waals surface area contributed by atoms with Crippen molar-refractivity contribution in [1.82, 2.24) is 4.90 Å². The molecule has 0 radical (unpaired) electrons. The first kappa shape index (κ1) is 21.6. The predicted molar refractivity (Wildman–Crippen MR) is 124 cm³/mol. The quantitative estimate of drug-likeness (QED) is 0.550. The summed E-state index contributed by atoms with van der Waals surface area (Å²) in [6.07, 6.45) is 3.57. The van der Waals surface area contributed by atoms with Gasteiger partial charge in [0.25, 0.3) is 0 Å². The van der Waals surface area contributed by atoms with Crippen LogP contribution in [-0.2, 0) is 5.54 Å². The highest BCUT2D eigenvalue weighted by Gasteiger charge is 2.43. The molecule has 29 heavy (non-hydrogen) atoms. The van der Waals surface area contributed by atoms with Crippen LogP contribution < -0.4 is 5.73 Å². The van der Waals surface area contributed by atoms with E-state index in [1.165, 1.54) is 29.5 Å². The lowest BCUT2D eigenvalue weighted by atomic mass is 9.74. The van der Waals surface area contributed by atoms with E-state index in [2.05, 4.69) is 95.9 Å². The van der Waals surface area contributed by atoms with Gasteiger partial charge in [0.2, 0.25) is 0 Å². The molecule has 0 saturated carbocycles. The summed E-state index contributed by atoms with van der Waals surface area (Å²) >= 11 is 0. The Bertz CT molecular complexity index is 747. The summed E-state index contributed by atoms with van der Waals surface area (Å²) in [6, 6.07) is 33.0. The van der Waals surface area contributed by atoms with Gasteiger partial charge in [-0.25, -0.2) is 0 Å². The third-order valence-electron chi connectivity index (χ3n) is 6.24. The van der Waals surface area contributed by atoms with Gasteiger partial charge in [0.05, 0.1) is 5.54 Å². The van der Waals surface area contributed by atoms with Crippen molar-refractivity contribution < 1.29 is 0 Å². The molecule has 2 nitrogen and oxygen atoms in total. The fourth-order valence-electron chi connectivity index (χ4n) is 4.88. The Morgan fingerprint density at radius 3 is 1.41 bits per heavy atom. The van der Waals surface area contributed by atoms with Gasteiger partial charge in [-0.05, 0) is 61.5 Å². The molecule has 0 amide bonds. The number of likely N-dealkylation sites (tertiary alicyclic amines) is 1. The van der Waals surface area contributed by atoms with Gasteiger partial charge in [0, 0.05) is 0 Å².